The zero-order valence-corrected chi connectivity index (χ0v) is 10.9. The monoisotopic (exact) mass is 232 g/mol. The Morgan fingerprint density at radius 2 is 1.94 bits per heavy atom. The highest BCUT2D eigenvalue weighted by Gasteiger charge is 2.24. The number of fused-ring (bicyclic) bond motifs is 1. The van der Waals surface area contributed by atoms with Crippen LogP contribution in [0.1, 0.15) is 26.6 Å². The summed E-state index contributed by atoms with van der Waals surface area (Å²) in [5.41, 5.74) is 1.99. The predicted molar refractivity (Wildman–Crippen MR) is 69.9 cm³/mol. The average Bonchev–Trinajstić information content (AvgIpc) is 2.55. The Labute approximate surface area is 102 Å². The van der Waals surface area contributed by atoms with Crippen molar-refractivity contribution in [2.45, 2.75) is 33.3 Å². The first-order valence-corrected chi connectivity index (χ1v) is 5.98. The third-order valence-electron chi connectivity index (χ3n) is 3.26. The van der Waals surface area contributed by atoms with Crippen molar-refractivity contribution in [1.29, 1.82) is 0 Å². The van der Waals surface area contributed by atoms with Crippen molar-refractivity contribution in [1.82, 2.24) is 9.55 Å². The van der Waals surface area contributed by atoms with E-state index in [0.29, 0.717) is 6.42 Å². The summed E-state index contributed by atoms with van der Waals surface area (Å²) in [5, 5.41) is 10.1. The highest BCUT2D eigenvalue weighted by Crippen LogP contribution is 2.23. The summed E-state index contributed by atoms with van der Waals surface area (Å²) in [6.45, 7) is 6.13. The molecule has 0 radical (unpaired) electrons. The molecule has 17 heavy (non-hydrogen) atoms. The van der Waals surface area contributed by atoms with Crippen molar-refractivity contribution in [2.75, 3.05) is 0 Å². The van der Waals surface area contributed by atoms with E-state index in [1.165, 1.54) is 0 Å². The molecule has 0 spiro atoms. The van der Waals surface area contributed by atoms with Crippen LogP contribution in [0.25, 0.3) is 11.0 Å². The summed E-state index contributed by atoms with van der Waals surface area (Å²) in [6.07, 6.45) is 0.215. The van der Waals surface area contributed by atoms with Crippen LogP contribution in [-0.2, 0) is 13.5 Å². The fourth-order valence-electron chi connectivity index (χ4n) is 1.86. The van der Waals surface area contributed by atoms with Gasteiger partial charge in [-0.25, -0.2) is 4.98 Å². The van der Waals surface area contributed by atoms with Crippen LogP contribution in [0.2, 0.25) is 0 Å². The lowest BCUT2D eigenvalue weighted by Crippen LogP contribution is -2.29. The smallest absolute Gasteiger partial charge is 0.112 e. The molecule has 3 nitrogen and oxygen atoms in total. The molecule has 0 saturated carbocycles. The van der Waals surface area contributed by atoms with Gasteiger partial charge in [-0.2, -0.15) is 0 Å². The van der Waals surface area contributed by atoms with Gasteiger partial charge in [-0.1, -0.05) is 32.9 Å². The maximum atomic E-state index is 10.1. The van der Waals surface area contributed by atoms with Crippen LogP contribution in [0.15, 0.2) is 24.3 Å². The Kier molecular flexibility index (Phi) is 2.96. The maximum absolute atomic E-state index is 10.1. The maximum Gasteiger partial charge on any atom is 0.112 e. The van der Waals surface area contributed by atoms with Gasteiger partial charge in [0.05, 0.1) is 17.1 Å². The molecule has 2 aromatic rings. The van der Waals surface area contributed by atoms with Gasteiger partial charge in [0.2, 0.25) is 0 Å². The number of hydrogen-bond donors (Lipinski definition) is 1. The first-order chi connectivity index (χ1) is 7.89. The zero-order chi connectivity index (χ0) is 12.6. The number of rotatable bonds is 2. The Morgan fingerprint density at radius 3 is 2.53 bits per heavy atom. The molecule has 1 atom stereocenters. The molecule has 0 fully saturated rings. The van der Waals surface area contributed by atoms with E-state index in [1.54, 1.807) is 0 Å². The molecule has 1 N–H and O–H groups in total. The van der Waals surface area contributed by atoms with Crippen LogP contribution < -0.4 is 0 Å². The molecule has 0 amide bonds. The molecule has 0 aliphatic heterocycles. The molecule has 92 valence electrons. The zero-order valence-electron chi connectivity index (χ0n) is 10.9. The molecule has 0 bridgehead atoms. The number of aromatic nitrogens is 2. The Bertz CT molecular complexity index is 522. The molecule has 3 heteroatoms. The van der Waals surface area contributed by atoms with Crippen LogP contribution in [-0.4, -0.2) is 20.8 Å². The molecule has 0 saturated heterocycles. The predicted octanol–water partition coefficient (Wildman–Crippen LogP) is 2.52. The van der Waals surface area contributed by atoms with E-state index in [1.807, 2.05) is 46.0 Å². The van der Waals surface area contributed by atoms with Gasteiger partial charge in [0.1, 0.15) is 5.82 Å². The number of imidazole rings is 1. The lowest BCUT2D eigenvalue weighted by atomic mass is 9.87. The molecule has 1 aromatic heterocycles. The molecule has 0 aliphatic carbocycles. The fourth-order valence-corrected chi connectivity index (χ4v) is 1.86. The van der Waals surface area contributed by atoms with Crippen molar-refractivity contribution < 1.29 is 5.11 Å². The molecule has 1 heterocycles. The summed E-state index contributed by atoms with van der Waals surface area (Å²) < 4.78 is 2.06. The van der Waals surface area contributed by atoms with E-state index in [-0.39, 0.29) is 11.5 Å². The third kappa shape index (κ3) is 2.34. The van der Waals surface area contributed by atoms with Gasteiger partial charge in [0.25, 0.3) is 0 Å². The lowest BCUT2D eigenvalue weighted by molar-refractivity contribution is 0.0614. The minimum Gasteiger partial charge on any atom is -0.392 e. The van der Waals surface area contributed by atoms with E-state index < -0.39 is 0 Å². The van der Waals surface area contributed by atoms with Crippen molar-refractivity contribution in [3.8, 4) is 0 Å². The fraction of sp³-hybridized carbons (Fsp3) is 0.500. The van der Waals surface area contributed by atoms with E-state index >= 15 is 0 Å². The first-order valence-electron chi connectivity index (χ1n) is 5.98. The summed E-state index contributed by atoms with van der Waals surface area (Å²) in [5.74, 6) is 0.939. The van der Waals surface area contributed by atoms with Gasteiger partial charge in [-0.3, -0.25) is 0 Å². The number of aliphatic hydroxyl groups excluding tert-OH is 1. The Balaban J connectivity index is 2.34. The number of benzene rings is 1. The van der Waals surface area contributed by atoms with E-state index in [4.69, 9.17) is 0 Å². The second-order valence-corrected chi connectivity index (χ2v) is 5.66. The molecule has 1 aromatic carbocycles. The minimum atomic E-state index is -0.377. The van der Waals surface area contributed by atoms with E-state index in [9.17, 15) is 5.11 Å². The Hall–Kier alpha value is -1.35. The van der Waals surface area contributed by atoms with Crippen molar-refractivity contribution >= 4 is 11.0 Å². The average molecular weight is 232 g/mol. The standard InChI is InChI=1S/C14H20N2O/c1-14(2,3)12(17)9-13-15-10-7-5-6-8-11(10)16(13)4/h5-8,12,17H,9H2,1-4H3. The molecular formula is C14H20N2O. The number of aryl methyl sites for hydroxylation is 1. The highest BCUT2D eigenvalue weighted by molar-refractivity contribution is 5.75. The summed E-state index contributed by atoms with van der Waals surface area (Å²) in [4.78, 5) is 4.57. The normalized spacial score (nSPS) is 14.2. The number of para-hydroxylation sites is 2. The van der Waals surface area contributed by atoms with Crippen LogP contribution in [0.4, 0.5) is 0 Å². The minimum absolute atomic E-state index is 0.113. The van der Waals surface area contributed by atoms with Crippen LogP contribution >= 0.6 is 0 Å². The molecule has 2 rings (SSSR count). The third-order valence-corrected chi connectivity index (χ3v) is 3.26. The summed E-state index contributed by atoms with van der Waals surface area (Å²) >= 11 is 0. The molecule has 0 aliphatic rings. The van der Waals surface area contributed by atoms with Gasteiger partial charge >= 0.3 is 0 Å². The van der Waals surface area contributed by atoms with Gasteiger partial charge in [0.15, 0.2) is 0 Å². The molecular weight excluding hydrogens is 212 g/mol. The number of aliphatic hydroxyl groups is 1. The lowest BCUT2D eigenvalue weighted by Gasteiger charge is -2.25. The second-order valence-electron chi connectivity index (χ2n) is 5.66. The summed E-state index contributed by atoms with van der Waals surface area (Å²) in [6, 6.07) is 8.05. The van der Waals surface area contributed by atoms with Gasteiger partial charge < -0.3 is 9.67 Å². The van der Waals surface area contributed by atoms with Gasteiger partial charge in [-0.05, 0) is 17.5 Å². The van der Waals surface area contributed by atoms with Crippen molar-refractivity contribution in [3.63, 3.8) is 0 Å². The molecule has 1 unspecified atom stereocenters. The Morgan fingerprint density at radius 1 is 1.29 bits per heavy atom. The number of nitrogens with zero attached hydrogens (tertiary/aromatic N) is 2. The SMILES string of the molecule is Cn1c(CC(O)C(C)(C)C)nc2ccccc21. The van der Waals surface area contributed by atoms with Gasteiger partial charge in [-0.15, -0.1) is 0 Å². The highest BCUT2D eigenvalue weighted by atomic mass is 16.3. The van der Waals surface area contributed by atoms with Crippen LogP contribution in [0, 0.1) is 5.41 Å². The largest absolute Gasteiger partial charge is 0.392 e. The summed E-state index contributed by atoms with van der Waals surface area (Å²) in [7, 11) is 2.00. The number of hydrogen-bond acceptors (Lipinski definition) is 2. The van der Waals surface area contributed by atoms with E-state index in [0.717, 1.165) is 16.9 Å². The van der Waals surface area contributed by atoms with Gasteiger partial charge in [0, 0.05) is 13.5 Å². The van der Waals surface area contributed by atoms with Crippen LogP contribution in [0.3, 0.4) is 0 Å². The van der Waals surface area contributed by atoms with Crippen molar-refractivity contribution in [2.24, 2.45) is 12.5 Å². The van der Waals surface area contributed by atoms with Crippen molar-refractivity contribution in [3.05, 3.63) is 30.1 Å². The van der Waals surface area contributed by atoms with E-state index in [2.05, 4.69) is 15.6 Å². The first kappa shape index (κ1) is 12.1. The van der Waals surface area contributed by atoms with Crippen LogP contribution in [0.5, 0.6) is 0 Å². The quantitative estimate of drug-likeness (QED) is 0.864. The second kappa shape index (κ2) is 4.15. The topological polar surface area (TPSA) is 38.0 Å².